The number of hydrogen-bond acceptors (Lipinski definition) is 2. The highest BCUT2D eigenvalue weighted by Crippen LogP contribution is 2.15. The molecule has 0 atom stereocenters. The van der Waals surface area contributed by atoms with E-state index in [0.717, 1.165) is 5.56 Å². The molecule has 0 radical (unpaired) electrons. The van der Waals surface area contributed by atoms with E-state index in [0.29, 0.717) is 11.3 Å². The largest absolute Gasteiger partial charge is 0.350 e. The maximum Gasteiger partial charge on any atom is 0.240 e. The van der Waals surface area contributed by atoms with Crippen molar-refractivity contribution in [1.29, 1.82) is 0 Å². The highest BCUT2D eigenvalue weighted by Gasteiger charge is 2.15. The second kappa shape index (κ2) is 7.54. The summed E-state index contributed by atoms with van der Waals surface area (Å²) in [5, 5.41) is 2.63. The lowest BCUT2D eigenvalue weighted by molar-refractivity contribution is -0.123. The minimum atomic E-state index is -0.366. The van der Waals surface area contributed by atoms with E-state index in [4.69, 9.17) is 0 Å². The normalized spacial score (nSPS) is 10.2. The van der Waals surface area contributed by atoms with Crippen LogP contribution in [0.25, 0.3) is 0 Å². The SMILES string of the molecule is CC(=O)N(CC(=O)NCc1ccccc1F)c1ccc(C)cc1. The minimum Gasteiger partial charge on any atom is -0.350 e. The van der Waals surface area contributed by atoms with E-state index in [1.807, 2.05) is 19.1 Å². The van der Waals surface area contributed by atoms with E-state index >= 15 is 0 Å². The van der Waals surface area contributed by atoms with Gasteiger partial charge < -0.3 is 10.2 Å². The zero-order chi connectivity index (χ0) is 16.8. The van der Waals surface area contributed by atoms with E-state index < -0.39 is 0 Å². The molecule has 0 aliphatic rings. The molecule has 0 spiro atoms. The number of halogens is 1. The number of nitrogens with one attached hydrogen (secondary N) is 1. The summed E-state index contributed by atoms with van der Waals surface area (Å²) in [6.45, 7) is 3.34. The Morgan fingerprint density at radius 2 is 1.74 bits per heavy atom. The second-order valence-corrected chi connectivity index (χ2v) is 5.31. The van der Waals surface area contributed by atoms with Gasteiger partial charge in [-0.05, 0) is 25.1 Å². The number of benzene rings is 2. The summed E-state index contributed by atoms with van der Waals surface area (Å²) in [7, 11) is 0. The van der Waals surface area contributed by atoms with Gasteiger partial charge in [0.15, 0.2) is 0 Å². The molecule has 4 nitrogen and oxygen atoms in total. The Morgan fingerprint density at radius 1 is 1.09 bits per heavy atom. The Kier molecular flexibility index (Phi) is 5.46. The van der Waals surface area contributed by atoms with Gasteiger partial charge in [-0.25, -0.2) is 4.39 Å². The molecule has 0 aliphatic heterocycles. The van der Waals surface area contributed by atoms with Crippen molar-refractivity contribution in [3.8, 4) is 0 Å². The summed E-state index contributed by atoms with van der Waals surface area (Å²) < 4.78 is 13.5. The van der Waals surface area contributed by atoms with Gasteiger partial charge in [0, 0.05) is 24.7 Å². The molecule has 5 heteroatoms. The van der Waals surface area contributed by atoms with Gasteiger partial charge in [0.1, 0.15) is 12.4 Å². The Morgan fingerprint density at radius 3 is 2.35 bits per heavy atom. The second-order valence-electron chi connectivity index (χ2n) is 5.31. The molecule has 1 N–H and O–H groups in total. The van der Waals surface area contributed by atoms with Crippen molar-refractivity contribution in [3.63, 3.8) is 0 Å². The molecule has 2 amide bonds. The van der Waals surface area contributed by atoms with Gasteiger partial charge in [-0.2, -0.15) is 0 Å². The van der Waals surface area contributed by atoms with Crippen molar-refractivity contribution in [2.24, 2.45) is 0 Å². The van der Waals surface area contributed by atoms with Crippen LogP contribution in [0, 0.1) is 12.7 Å². The molecule has 120 valence electrons. The lowest BCUT2D eigenvalue weighted by Crippen LogP contribution is -2.39. The van der Waals surface area contributed by atoms with Gasteiger partial charge in [0.25, 0.3) is 0 Å². The number of aryl methyl sites for hydroxylation is 1. The van der Waals surface area contributed by atoms with Crippen molar-refractivity contribution in [3.05, 3.63) is 65.5 Å². The summed E-state index contributed by atoms with van der Waals surface area (Å²) in [5.41, 5.74) is 2.14. The average Bonchev–Trinajstić information content (AvgIpc) is 2.52. The molecule has 0 bridgehead atoms. The third-order valence-electron chi connectivity index (χ3n) is 3.46. The first-order valence-corrected chi connectivity index (χ1v) is 7.32. The number of carbonyl (C=O) groups is 2. The highest BCUT2D eigenvalue weighted by atomic mass is 19.1. The van der Waals surface area contributed by atoms with E-state index in [1.54, 1.807) is 30.3 Å². The van der Waals surface area contributed by atoms with Gasteiger partial charge in [-0.15, -0.1) is 0 Å². The number of anilines is 1. The summed E-state index contributed by atoms with van der Waals surface area (Å²) in [6.07, 6.45) is 0. The van der Waals surface area contributed by atoms with Gasteiger partial charge >= 0.3 is 0 Å². The van der Waals surface area contributed by atoms with Crippen LogP contribution in [0.5, 0.6) is 0 Å². The molecule has 2 aromatic rings. The van der Waals surface area contributed by atoms with E-state index in [1.165, 1.54) is 17.9 Å². The highest BCUT2D eigenvalue weighted by molar-refractivity contribution is 5.97. The third-order valence-corrected chi connectivity index (χ3v) is 3.46. The van der Waals surface area contributed by atoms with Crippen LogP contribution in [0.3, 0.4) is 0 Å². The fourth-order valence-corrected chi connectivity index (χ4v) is 2.14. The average molecular weight is 314 g/mol. The molecule has 0 saturated carbocycles. The van der Waals surface area contributed by atoms with Crippen molar-refractivity contribution >= 4 is 17.5 Å². The van der Waals surface area contributed by atoms with E-state index in [-0.39, 0.29) is 30.7 Å². The maximum absolute atomic E-state index is 13.5. The van der Waals surface area contributed by atoms with Crippen LogP contribution in [-0.4, -0.2) is 18.4 Å². The topological polar surface area (TPSA) is 49.4 Å². The number of hydrogen-bond donors (Lipinski definition) is 1. The van der Waals surface area contributed by atoms with Gasteiger partial charge in [0.2, 0.25) is 11.8 Å². The Hall–Kier alpha value is -2.69. The number of nitrogens with zero attached hydrogens (tertiary/aromatic N) is 1. The number of amides is 2. The zero-order valence-corrected chi connectivity index (χ0v) is 13.2. The Balaban J connectivity index is 2.00. The third kappa shape index (κ3) is 4.64. The van der Waals surface area contributed by atoms with Crippen LogP contribution in [0.4, 0.5) is 10.1 Å². The van der Waals surface area contributed by atoms with E-state index in [2.05, 4.69) is 5.32 Å². The van der Waals surface area contributed by atoms with Gasteiger partial charge in [-0.1, -0.05) is 35.9 Å². The van der Waals surface area contributed by atoms with Gasteiger partial charge in [0.05, 0.1) is 0 Å². The Labute approximate surface area is 134 Å². The van der Waals surface area contributed by atoms with Crippen LogP contribution in [0.2, 0.25) is 0 Å². The summed E-state index contributed by atoms with van der Waals surface area (Å²) in [4.78, 5) is 25.2. The molecular weight excluding hydrogens is 295 g/mol. The first-order chi connectivity index (χ1) is 11.0. The molecule has 23 heavy (non-hydrogen) atoms. The minimum absolute atomic E-state index is 0.0884. The van der Waals surface area contributed by atoms with Crippen LogP contribution < -0.4 is 10.2 Å². The van der Waals surface area contributed by atoms with Crippen molar-refractivity contribution in [2.45, 2.75) is 20.4 Å². The smallest absolute Gasteiger partial charge is 0.240 e. The quantitative estimate of drug-likeness (QED) is 0.922. The predicted molar refractivity (Wildman–Crippen MR) is 87.5 cm³/mol. The number of carbonyl (C=O) groups excluding carboxylic acids is 2. The molecule has 0 aromatic heterocycles. The monoisotopic (exact) mass is 314 g/mol. The Bertz CT molecular complexity index is 698. The van der Waals surface area contributed by atoms with Gasteiger partial charge in [-0.3, -0.25) is 9.59 Å². The molecule has 0 saturated heterocycles. The van der Waals surface area contributed by atoms with Crippen molar-refractivity contribution in [1.82, 2.24) is 5.32 Å². The summed E-state index contributed by atoms with van der Waals surface area (Å²) in [5.74, 6) is -0.936. The lowest BCUT2D eigenvalue weighted by Gasteiger charge is -2.21. The predicted octanol–water partition coefficient (Wildman–Crippen LogP) is 2.80. The first-order valence-electron chi connectivity index (χ1n) is 7.32. The maximum atomic E-state index is 13.5. The molecule has 2 aromatic carbocycles. The molecule has 0 heterocycles. The van der Waals surface area contributed by atoms with Crippen LogP contribution in [0.1, 0.15) is 18.1 Å². The van der Waals surface area contributed by atoms with Crippen LogP contribution in [0.15, 0.2) is 48.5 Å². The van der Waals surface area contributed by atoms with Crippen LogP contribution in [-0.2, 0) is 16.1 Å². The van der Waals surface area contributed by atoms with Crippen molar-refractivity contribution in [2.75, 3.05) is 11.4 Å². The standard InChI is InChI=1S/C18H19FN2O2/c1-13-7-9-16(10-8-13)21(14(2)22)12-18(23)20-11-15-5-3-4-6-17(15)19/h3-10H,11-12H2,1-2H3,(H,20,23). The van der Waals surface area contributed by atoms with E-state index in [9.17, 15) is 14.0 Å². The lowest BCUT2D eigenvalue weighted by atomic mass is 10.2. The molecule has 0 aliphatic carbocycles. The molecule has 0 unspecified atom stereocenters. The molecule has 2 rings (SSSR count). The fraction of sp³-hybridized carbons (Fsp3) is 0.222. The first kappa shape index (κ1) is 16.7. The number of rotatable bonds is 5. The molecule has 0 fully saturated rings. The molecular formula is C18H19FN2O2. The van der Waals surface area contributed by atoms with Crippen molar-refractivity contribution < 1.29 is 14.0 Å². The fourth-order valence-electron chi connectivity index (χ4n) is 2.14. The zero-order valence-electron chi connectivity index (χ0n) is 13.2. The summed E-state index contributed by atoms with van der Waals surface area (Å²) in [6, 6.07) is 13.6. The van der Waals surface area contributed by atoms with Crippen LogP contribution >= 0.6 is 0 Å². The summed E-state index contributed by atoms with van der Waals surface area (Å²) >= 11 is 0.